The Morgan fingerprint density at radius 1 is 1.36 bits per heavy atom. The van der Waals surface area contributed by atoms with Crippen molar-refractivity contribution in [2.75, 3.05) is 5.32 Å². The molecule has 1 rings (SSSR count). The van der Waals surface area contributed by atoms with Crippen LogP contribution in [0.4, 0.5) is 5.69 Å². The van der Waals surface area contributed by atoms with E-state index >= 15 is 0 Å². The number of aliphatic hydroxyl groups is 1. The highest BCUT2D eigenvalue weighted by Crippen LogP contribution is 2.21. The molecule has 0 saturated heterocycles. The van der Waals surface area contributed by atoms with Crippen LogP contribution in [0, 0.1) is 6.92 Å². The summed E-state index contributed by atoms with van der Waals surface area (Å²) in [4.78, 5) is 0. The van der Waals surface area contributed by atoms with Gasteiger partial charge in [-0.3, -0.25) is 0 Å². The standard InChI is InChI=1S/C11H16ClNO/c1-7-4-5-10(12)6-11(7)13-8(2)9(3)14/h4-6,8-9,13-14H,1-3H3. The minimum atomic E-state index is -0.381. The molecule has 3 heteroatoms. The Morgan fingerprint density at radius 2 is 2.00 bits per heavy atom. The molecule has 0 fully saturated rings. The van der Waals surface area contributed by atoms with E-state index in [-0.39, 0.29) is 12.1 Å². The monoisotopic (exact) mass is 213 g/mol. The van der Waals surface area contributed by atoms with Gasteiger partial charge in [-0.1, -0.05) is 17.7 Å². The first-order chi connectivity index (χ1) is 6.50. The number of hydrogen-bond acceptors (Lipinski definition) is 2. The average molecular weight is 214 g/mol. The molecular formula is C11H16ClNO. The maximum absolute atomic E-state index is 9.35. The minimum absolute atomic E-state index is 0.0205. The lowest BCUT2D eigenvalue weighted by Crippen LogP contribution is -2.28. The van der Waals surface area contributed by atoms with Gasteiger partial charge >= 0.3 is 0 Å². The zero-order chi connectivity index (χ0) is 10.7. The molecule has 0 spiro atoms. The highest BCUT2D eigenvalue weighted by atomic mass is 35.5. The fraction of sp³-hybridized carbons (Fsp3) is 0.455. The number of nitrogens with one attached hydrogen (secondary N) is 1. The fourth-order valence-corrected chi connectivity index (χ4v) is 1.29. The number of anilines is 1. The predicted octanol–water partition coefficient (Wildman–Crippen LogP) is 2.83. The number of hydrogen-bond donors (Lipinski definition) is 2. The quantitative estimate of drug-likeness (QED) is 0.810. The first-order valence-electron chi connectivity index (χ1n) is 4.71. The summed E-state index contributed by atoms with van der Waals surface area (Å²) in [5.74, 6) is 0. The van der Waals surface area contributed by atoms with Crippen LogP contribution in [-0.4, -0.2) is 17.3 Å². The molecule has 2 atom stereocenters. The van der Waals surface area contributed by atoms with Gasteiger partial charge < -0.3 is 10.4 Å². The number of aliphatic hydroxyl groups excluding tert-OH is 1. The molecule has 14 heavy (non-hydrogen) atoms. The third kappa shape index (κ3) is 2.89. The Kier molecular flexibility index (Phi) is 3.78. The van der Waals surface area contributed by atoms with Gasteiger partial charge in [-0.2, -0.15) is 0 Å². The second-order valence-electron chi connectivity index (χ2n) is 3.63. The van der Waals surface area contributed by atoms with Crippen molar-refractivity contribution in [1.29, 1.82) is 0 Å². The third-order valence-electron chi connectivity index (χ3n) is 2.31. The number of aryl methyl sites for hydroxylation is 1. The SMILES string of the molecule is Cc1ccc(Cl)cc1NC(C)C(C)O. The number of halogens is 1. The summed E-state index contributed by atoms with van der Waals surface area (Å²) in [5, 5.41) is 13.3. The topological polar surface area (TPSA) is 32.3 Å². The molecule has 0 amide bonds. The van der Waals surface area contributed by atoms with Crippen molar-refractivity contribution in [3.8, 4) is 0 Å². The van der Waals surface area contributed by atoms with Gasteiger partial charge in [-0.25, -0.2) is 0 Å². The van der Waals surface area contributed by atoms with E-state index < -0.39 is 0 Å². The molecule has 0 aromatic heterocycles. The third-order valence-corrected chi connectivity index (χ3v) is 2.54. The summed E-state index contributed by atoms with van der Waals surface area (Å²) in [6.45, 7) is 5.70. The highest BCUT2D eigenvalue weighted by molar-refractivity contribution is 6.30. The molecule has 0 bridgehead atoms. The summed E-state index contributed by atoms with van der Waals surface area (Å²) in [7, 11) is 0. The molecule has 0 heterocycles. The molecule has 0 aliphatic rings. The van der Waals surface area contributed by atoms with Gasteiger partial charge in [0.25, 0.3) is 0 Å². The highest BCUT2D eigenvalue weighted by Gasteiger charge is 2.09. The van der Waals surface area contributed by atoms with Gasteiger partial charge in [0.05, 0.1) is 6.10 Å². The molecule has 0 saturated carbocycles. The van der Waals surface area contributed by atoms with Gasteiger partial charge in [-0.15, -0.1) is 0 Å². The molecule has 0 aliphatic heterocycles. The van der Waals surface area contributed by atoms with E-state index in [0.717, 1.165) is 11.3 Å². The van der Waals surface area contributed by atoms with E-state index in [1.54, 1.807) is 6.92 Å². The molecule has 78 valence electrons. The van der Waals surface area contributed by atoms with Gasteiger partial charge in [0, 0.05) is 16.8 Å². The Morgan fingerprint density at radius 3 is 2.57 bits per heavy atom. The van der Waals surface area contributed by atoms with Crippen molar-refractivity contribution in [3.05, 3.63) is 28.8 Å². The zero-order valence-corrected chi connectivity index (χ0v) is 9.47. The Hall–Kier alpha value is -0.730. The molecule has 1 aromatic rings. The number of rotatable bonds is 3. The summed E-state index contributed by atoms with van der Waals surface area (Å²) in [6, 6.07) is 5.71. The van der Waals surface area contributed by atoms with Crippen LogP contribution in [0.1, 0.15) is 19.4 Å². The van der Waals surface area contributed by atoms with Crippen LogP contribution in [-0.2, 0) is 0 Å². The van der Waals surface area contributed by atoms with Crippen LogP contribution in [0.2, 0.25) is 5.02 Å². The van der Waals surface area contributed by atoms with Crippen molar-refractivity contribution >= 4 is 17.3 Å². The van der Waals surface area contributed by atoms with Crippen molar-refractivity contribution in [2.45, 2.75) is 32.9 Å². The van der Waals surface area contributed by atoms with E-state index in [2.05, 4.69) is 5.32 Å². The second kappa shape index (κ2) is 4.67. The lowest BCUT2D eigenvalue weighted by atomic mass is 10.1. The molecule has 0 radical (unpaired) electrons. The van der Waals surface area contributed by atoms with Gasteiger partial charge in [0.15, 0.2) is 0 Å². The van der Waals surface area contributed by atoms with Crippen molar-refractivity contribution < 1.29 is 5.11 Å². The van der Waals surface area contributed by atoms with Crippen molar-refractivity contribution in [3.63, 3.8) is 0 Å². The normalized spacial score (nSPS) is 14.9. The minimum Gasteiger partial charge on any atom is -0.391 e. The fourth-order valence-electron chi connectivity index (χ4n) is 1.12. The molecule has 2 nitrogen and oxygen atoms in total. The van der Waals surface area contributed by atoms with Gasteiger partial charge in [0.2, 0.25) is 0 Å². The first kappa shape index (κ1) is 11.3. The zero-order valence-electron chi connectivity index (χ0n) is 8.71. The molecule has 2 unspecified atom stereocenters. The van der Waals surface area contributed by atoms with Crippen molar-refractivity contribution in [1.82, 2.24) is 0 Å². The van der Waals surface area contributed by atoms with E-state index in [1.165, 1.54) is 0 Å². The Labute approximate surface area is 89.9 Å². The van der Waals surface area contributed by atoms with E-state index in [4.69, 9.17) is 11.6 Å². The summed E-state index contributed by atoms with van der Waals surface area (Å²) in [6.07, 6.45) is -0.381. The summed E-state index contributed by atoms with van der Waals surface area (Å²) >= 11 is 5.88. The smallest absolute Gasteiger partial charge is 0.0710 e. The average Bonchev–Trinajstić information content (AvgIpc) is 2.11. The van der Waals surface area contributed by atoms with Crippen LogP contribution in [0.15, 0.2) is 18.2 Å². The predicted molar refractivity (Wildman–Crippen MR) is 61.0 cm³/mol. The van der Waals surface area contributed by atoms with Crippen LogP contribution in [0.25, 0.3) is 0 Å². The first-order valence-corrected chi connectivity index (χ1v) is 5.09. The Bertz CT molecular complexity index is 312. The van der Waals surface area contributed by atoms with Gasteiger partial charge in [0.1, 0.15) is 0 Å². The molecule has 1 aromatic carbocycles. The lowest BCUT2D eigenvalue weighted by molar-refractivity contribution is 0.178. The summed E-state index contributed by atoms with van der Waals surface area (Å²) < 4.78 is 0. The second-order valence-corrected chi connectivity index (χ2v) is 4.07. The maximum atomic E-state index is 9.35. The van der Waals surface area contributed by atoms with Gasteiger partial charge in [-0.05, 0) is 38.5 Å². The molecule has 0 aliphatic carbocycles. The maximum Gasteiger partial charge on any atom is 0.0710 e. The van der Waals surface area contributed by atoms with E-state index in [0.29, 0.717) is 5.02 Å². The van der Waals surface area contributed by atoms with Crippen LogP contribution < -0.4 is 5.32 Å². The molecule has 2 N–H and O–H groups in total. The number of benzene rings is 1. The van der Waals surface area contributed by atoms with Crippen LogP contribution in [0.3, 0.4) is 0 Å². The van der Waals surface area contributed by atoms with E-state index in [9.17, 15) is 5.11 Å². The largest absolute Gasteiger partial charge is 0.391 e. The Balaban J connectivity index is 2.80. The van der Waals surface area contributed by atoms with Crippen LogP contribution in [0.5, 0.6) is 0 Å². The van der Waals surface area contributed by atoms with Crippen LogP contribution >= 0.6 is 11.6 Å². The van der Waals surface area contributed by atoms with Crippen molar-refractivity contribution in [2.24, 2.45) is 0 Å². The summed E-state index contributed by atoms with van der Waals surface area (Å²) in [5.41, 5.74) is 2.10. The lowest BCUT2D eigenvalue weighted by Gasteiger charge is -2.19. The van der Waals surface area contributed by atoms with E-state index in [1.807, 2.05) is 32.0 Å². The molecular weight excluding hydrogens is 198 g/mol.